The normalized spacial score (nSPS) is 11.9. The zero-order chi connectivity index (χ0) is 37.5. The number of para-hydroxylation sites is 2. The summed E-state index contributed by atoms with van der Waals surface area (Å²) in [6.45, 7) is 0. The molecule has 0 aliphatic heterocycles. The Morgan fingerprint density at radius 2 is 0.544 bits per heavy atom. The lowest BCUT2D eigenvalue weighted by Crippen LogP contribution is -1.88. The van der Waals surface area contributed by atoms with Crippen LogP contribution in [0.4, 0.5) is 0 Å². The third-order valence-corrected chi connectivity index (χ3v) is 11.3. The van der Waals surface area contributed by atoms with Crippen molar-refractivity contribution >= 4 is 65.8 Å². The first kappa shape index (κ1) is 31.6. The van der Waals surface area contributed by atoms with E-state index in [-0.39, 0.29) is 0 Å². The lowest BCUT2D eigenvalue weighted by molar-refractivity contribution is 0.668. The van der Waals surface area contributed by atoms with Crippen LogP contribution in [-0.2, 0) is 0 Å². The van der Waals surface area contributed by atoms with Crippen LogP contribution < -0.4 is 0 Å². The highest BCUT2D eigenvalue weighted by molar-refractivity contribution is 6.09. The smallest absolute Gasteiger partial charge is 0.135 e. The number of rotatable bonds is 5. The molecular formula is C53H31NO3. The molecule has 0 amide bonds. The summed E-state index contributed by atoms with van der Waals surface area (Å²) >= 11 is 0. The van der Waals surface area contributed by atoms with E-state index in [9.17, 15) is 0 Å². The lowest BCUT2D eigenvalue weighted by atomic mass is 9.95. The predicted molar refractivity (Wildman–Crippen MR) is 233 cm³/mol. The van der Waals surface area contributed by atoms with Crippen molar-refractivity contribution in [2.45, 2.75) is 0 Å². The number of aromatic nitrogens is 1. The Hall–Kier alpha value is -7.69. The van der Waals surface area contributed by atoms with Gasteiger partial charge in [-0.2, -0.15) is 0 Å². The molecule has 57 heavy (non-hydrogen) atoms. The van der Waals surface area contributed by atoms with E-state index in [1.54, 1.807) is 0 Å². The molecule has 8 aromatic carbocycles. The van der Waals surface area contributed by atoms with E-state index in [0.29, 0.717) is 0 Å². The number of fused-ring (bicyclic) bond motifs is 9. The number of pyridine rings is 1. The SMILES string of the molecule is c1cc(-c2cccc(-c3ccc4oc5ccc(-c6cccc(-c7ccc8oc9ccccc9c8c7)n6)cc5c4c3)c2)cc(-c2ccc3oc4ccccc4c3c2)c1. The highest BCUT2D eigenvalue weighted by atomic mass is 16.3. The third-order valence-electron chi connectivity index (χ3n) is 11.3. The summed E-state index contributed by atoms with van der Waals surface area (Å²) in [5.74, 6) is 0. The molecule has 0 spiro atoms. The van der Waals surface area contributed by atoms with Crippen LogP contribution in [0.3, 0.4) is 0 Å². The average Bonchev–Trinajstić information content (AvgIpc) is 3.96. The van der Waals surface area contributed by atoms with Gasteiger partial charge in [-0.05, 0) is 130 Å². The van der Waals surface area contributed by atoms with Crippen molar-refractivity contribution in [3.63, 3.8) is 0 Å². The molecule has 0 aliphatic rings. The zero-order valence-corrected chi connectivity index (χ0v) is 30.6. The summed E-state index contributed by atoms with van der Waals surface area (Å²) in [5, 5.41) is 6.61. The van der Waals surface area contributed by atoms with Gasteiger partial charge in [-0.25, -0.2) is 4.98 Å². The minimum Gasteiger partial charge on any atom is -0.456 e. The van der Waals surface area contributed by atoms with E-state index < -0.39 is 0 Å². The summed E-state index contributed by atoms with van der Waals surface area (Å²) in [7, 11) is 0. The first-order valence-electron chi connectivity index (χ1n) is 19.2. The Morgan fingerprint density at radius 3 is 0.982 bits per heavy atom. The van der Waals surface area contributed by atoms with Crippen LogP contribution in [0.15, 0.2) is 201 Å². The van der Waals surface area contributed by atoms with Crippen LogP contribution in [0.2, 0.25) is 0 Å². The van der Waals surface area contributed by atoms with Crippen molar-refractivity contribution in [2.24, 2.45) is 0 Å². The standard InChI is InChI=1S/C53H31NO3/c1-3-16-48-40(12-1)42-28-36(18-22-50(42)55-48)34-10-5-8-32(26-34)33-9-6-11-35(27-33)37-19-23-52-44(29-37)45-31-39(21-25-53(45)57-52)47-15-7-14-46(54-47)38-20-24-51-43(30-38)41-13-2-4-17-49(41)56-51/h1-31H. The summed E-state index contributed by atoms with van der Waals surface area (Å²) < 4.78 is 18.5. The molecule has 4 nitrogen and oxygen atoms in total. The van der Waals surface area contributed by atoms with Gasteiger partial charge in [0.2, 0.25) is 0 Å². The molecule has 0 aliphatic carbocycles. The first-order chi connectivity index (χ1) is 28.2. The molecule has 0 saturated heterocycles. The van der Waals surface area contributed by atoms with Crippen LogP contribution in [0, 0.1) is 0 Å². The highest BCUT2D eigenvalue weighted by Gasteiger charge is 2.14. The minimum atomic E-state index is 0.853. The van der Waals surface area contributed by atoms with Crippen LogP contribution in [-0.4, -0.2) is 4.98 Å². The van der Waals surface area contributed by atoms with Gasteiger partial charge in [-0.3, -0.25) is 0 Å². The molecule has 0 radical (unpaired) electrons. The van der Waals surface area contributed by atoms with Gasteiger partial charge in [0.15, 0.2) is 0 Å². The van der Waals surface area contributed by atoms with Gasteiger partial charge in [0.1, 0.15) is 33.5 Å². The molecule has 0 bridgehead atoms. The van der Waals surface area contributed by atoms with Gasteiger partial charge in [-0.15, -0.1) is 0 Å². The molecule has 0 atom stereocenters. The fourth-order valence-corrected chi connectivity index (χ4v) is 8.42. The van der Waals surface area contributed by atoms with Crippen molar-refractivity contribution in [3.8, 4) is 55.9 Å². The second kappa shape index (κ2) is 12.4. The van der Waals surface area contributed by atoms with Gasteiger partial charge in [0.25, 0.3) is 0 Å². The van der Waals surface area contributed by atoms with Crippen molar-refractivity contribution in [2.75, 3.05) is 0 Å². The van der Waals surface area contributed by atoms with Crippen molar-refractivity contribution < 1.29 is 13.3 Å². The van der Waals surface area contributed by atoms with Gasteiger partial charge in [0.05, 0.1) is 11.4 Å². The molecule has 12 rings (SSSR count). The van der Waals surface area contributed by atoms with E-state index in [1.165, 1.54) is 11.1 Å². The number of hydrogen-bond acceptors (Lipinski definition) is 4. The van der Waals surface area contributed by atoms with Crippen molar-refractivity contribution in [1.29, 1.82) is 0 Å². The number of nitrogens with zero attached hydrogens (tertiary/aromatic N) is 1. The topological polar surface area (TPSA) is 52.3 Å². The summed E-state index contributed by atoms with van der Waals surface area (Å²) in [6.07, 6.45) is 0. The molecule has 4 heteroatoms. The Kier molecular flexibility index (Phi) is 6.89. The Labute approximate surface area is 326 Å². The van der Waals surface area contributed by atoms with Crippen molar-refractivity contribution in [1.82, 2.24) is 4.98 Å². The van der Waals surface area contributed by atoms with Gasteiger partial charge >= 0.3 is 0 Å². The minimum absolute atomic E-state index is 0.853. The van der Waals surface area contributed by atoms with Gasteiger partial charge < -0.3 is 13.3 Å². The second-order valence-electron chi connectivity index (χ2n) is 14.7. The van der Waals surface area contributed by atoms with Gasteiger partial charge in [-0.1, -0.05) is 91.0 Å². The van der Waals surface area contributed by atoms with E-state index in [2.05, 4.69) is 152 Å². The first-order valence-corrected chi connectivity index (χ1v) is 19.2. The maximum Gasteiger partial charge on any atom is 0.135 e. The maximum atomic E-state index is 6.35. The Morgan fingerprint density at radius 1 is 0.228 bits per heavy atom. The van der Waals surface area contributed by atoms with Crippen LogP contribution in [0.25, 0.3) is 122 Å². The van der Waals surface area contributed by atoms with Gasteiger partial charge in [0, 0.05) is 43.4 Å². The monoisotopic (exact) mass is 729 g/mol. The maximum absolute atomic E-state index is 6.35. The fourth-order valence-electron chi connectivity index (χ4n) is 8.42. The van der Waals surface area contributed by atoms with Crippen LogP contribution in [0.5, 0.6) is 0 Å². The Balaban J connectivity index is 0.881. The average molecular weight is 730 g/mol. The number of furan rings is 3. The Bertz CT molecular complexity index is 3550. The highest BCUT2D eigenvalue weighted by Crippen LogP contribution is 2.38. The summed E-state index contributed by atoms with van der Waals surface area (Å²) in [5.41, 5.74) is 16.1. The molecular weight excluding hydrogens is 699 g/mol. The number of benzene rings is 8. The molecule has 0 N–H and O–H groups in total. The molecule has 0 fully saturated rings. The van der Waals surface area contributed by atoms with E-state index in [0.717, 1.165) is 111 Å². The molecule has 4 aromatic heterocycles. The van der Waals surface area contributed by atoms with E-state index >= 15 is 0 Å². The largest absolute Gasteiger partial charge is 0.456 e. The summed E-state index contributed by atoms with van der Waals surface area (Å²) in [6, 6.07) is 65.8. The molecule has 4 heterocycles. The summed E-state index contributed by atoms with van der Waals surface area (Å²) in [4.78, 5) is 5.14. The zero-order valence-electron chi connectivity index (χ0n) is 30.6. The molecule has 12 aromatic rings. The van der Waals surface area contributed by atoms with E-state index in [1.807, 2.05) is 36.4 Å². The quantitative estimate of drug-likeness (QED) is 0.177. The molecule has 0 unspecified atom stereocenters. The van der Waals surface area contributed by atoms with Crippen molar-refractivity contribution in [3.05, 3.63) is 188 Å². The second-order valence-corrected chi connectivity index (χ2v) is 14.7. The van der Waals surface area contributed by atoms with Crippen LogP contribution in [0.1, 0.15) is 0 Å². The lowest BCUT2D eigenvalue weighted by Gasteiger charge is -2.09. The van der Waals surface area contributed by atoms with Crippen LogP contribution >= 0.6 is 0 Å². The van der Waals surface area contributed by atoms with E-state index in [4.69, 9.17) is 18.2 Å². The molecule has 0 saturated carbocycles. The third kappa shape index (κ3) is 5.26. The molecule has 266 valence electrons. The predicted octanol–water partition coefficient (Wildman–Crippen LogP) is 15.1. The number of hydrogen-bond donors (Lipinski definition) is 0. The fraction of sp³-hybridized carbons (Fsp3) is 0.